The second kappa shape index (κ2) is 8.52. The Morgan fingerprint density at radius 3 is 2.15 bits per heavy atom. The van der Waals surface area contributed by atoms with Gasteiger partial charge >= 0.3 is 6.09 Å². The van der Waals surface area contributed by atoms with E-state index in [0.29, 0.717) is 32.5 Å². The standard InChI is InChI=1S/C21H24N2O3/c1-26-21(25)22-14-12-18(13-15-22)20(24)23(19-10-6-3-7-11-19)16-17-8-4-2-5-9-17/h2-11,18H,12-16H2,1H3. The second-order valence-corrected chi connectivity index (χ2v) is 6.48. The highest BCUT2D eigenvalue weighted by Gasteiger charge is 2.31. The monoisotopic (exact) mass is 352 g/mol. The van der Waals surface area contributed by atoms with Crippen molar-refractivity contribution >= 4 is 17.7 Å². The van der Waals surface area contributed by atoms with Crippen molar-refractivity contribution in [1.29, 1.82) is 0 Å². The van der Waals surface area contributed by atoms with Gasteiger partial charge < -0.3 is 14.5 Å². The Hall–Kier alpha value is -2.82. The zero-order chi connectivity index (χ0) is 18.4. The number of methoxy groups -OCH3 is 1. The van der Waals surface area contributed by atoms with Gasteiger partial charge in [-0.3, -0.25) is 4.79 Å². The fraction of sp³-hybridized carbons (Fsp3) is 0.333. The van der Waals surface area contributed by atoms with Gasteiger partial charge in [-0.2, -0.15) is 0 Å². The summed E-state index contributed by atoms with van der Waals surface area (Å²) >= 11 is 0. The van der Waals surface area contributed by atoms with E-state index in [1.54, 1.807) is 4.90 Å². The summed E-state index contributed by atoms with van der Waals surface area (Å²) in [5.41, 5.74) is 1.99. The number of piperidine rings is 1. The molecule has 1 fully saturated rings. The Kier molecular flexibility index (Phi) is 5.89. The molecule has 0 unspecified atom stereocenters. The highest BCUT2D eigenvalue weighted by Crippen LogP contribution is 2.25. The van der Waals surface area contributed by atoms with Crippen LogP contribution in [0.2, 0.25) is 0 Å². The lowest BCUT2D eigenvalue weighted by molar-refractivity contribution is -0.123. The molecule has 1 saturated heterocycles. The first-order valence-electron chi connectivity index (χ1n) is 8.92. The predicted octanol–water partition coefficient (Wildman–Crippen LogP) is 3.70. The molecule has 0 atom stereocenters. The number of carbonyl (C=O) groups is 2. The summed E-state index contributed by atoms with van der Waals surface area (Å²) in [5.74, 6) is 0.0318. The third-order valence-electron chi connectivity index (χ3n) is 4.79. The van der Waals surface area contributed by atoms with Crippen molar-refractivity contribution in [2.24, 2.45) is 5.92 Å². The number of anilines is 1. The molecule has 1 heterocycles. The van der Waals surface area contributed by atoms with Crippen molar-refractivity contribution in [3.63, 3.8) is 0 Å². The number of carbonyl (C=O) groups excluding carboxylic acids is 2. The van der Waals surface area contributed by atoms with Crippen LogP contribution in [0, 0.1) is 5.92 Å². The SMILES string of the molecule is COC(=O)N1CCC(C(=O)N(Cc2ccccc2)c2ccccc2)CC1. The van der Waals surface area contributed by atoms with Crippen LogP contribution in [-0.2, 0) is 16.1 Å². The number of ether oxygens (including phenoxy) is 1. The van der Waals surface area contributed by atoms with E-state index in [2.05, 4.69) is 0 Å². The summed E-state index contributed by atoms with van der Waals surface area (Å²) in [6, 6.07) is 19.8. The number of likely N-dealkylation sites (tertiary alicyclic amines) is 1. The Bertz CT molecular complexity index is 725. The van der Waals surface area contributed by atoms with E-state index in [1.165, 1.54) is 7.11 Å². The molecule has 2 aromatic rings. The van der Waals surface area contributed by atoms with Crippen molar-refractivity contribution in [2.45, 2.75) is 19.4 Å². The number of rotatable bonds is 4. The van der Waals surface area contributed by atoms with Crippen molar-refractivity contribution in [3.8, 4) is 0 Å². The molecular formula is C21H24N2O3. The van der Waals surface area contributed by atoms with Gasteiger partial charge in [-0.25, -0.2) is 4.79 Å². The molecule has 5 nitrogen and oxygen atoms in total. The molecule has 0 N–H and O–H groups in total. The first-order valence-corrected chi connectivity index (χ1v) is 8.92. The van der Waals surface area contributed by atoms with Gasteiger partial charge in [-0.15, -0.1) is 0 Å². The molecule has 0 aliphatic carbocycles. The van der Waals surface area contributed by atoms with Crippen molar-refractivity contribution in [1.82, 2.24) is 4.90 Å². The first-order chi connectivity index (χ1) is 12.7. The van der Waals surface area contributed by atoms with E-state index >= 15 is 0 Å². The number of benzene rings is 2. The van der Waals surface area contributed by atoms with E-state index in [9.17, 15) is 9.59 Å². The number of amides is 2. The number of para-hydroxylation sites is 1. The molecule has 5 heteroatoms. The summed E-state index contributed by atoms with van der Waals surface area (Å²) < 4.78 is 4.77. The smallest absolute Gasteiger partial charge is 0.409 e. The van der Waals surface area contributed by atoms with Crippen LogP contribution in [0.4, 0.5) is 10.5 Å². The largest absolute Gasteiger partial charge is 0.453 e. The lowest BCUT2D eigenvalue weighted by atomic mass is 9.95. The lowest BCUT2D eigenvalue weighted by Gasteiger charge is -2.33. The van der Waals surface area contributed by atoms with E-state index < -0.39 is 0 Å². The molecule has 1 aliphatic rings. The van der Waals surface area contributed by atoms with E-state index in [4.69, 9.17) is 4.74 Å². The van der Waals surface area contributed by atoms with E-state index in [-0.39, 0.29) is 17.9 Å². The molecule has 26 heavy (non-hydrogen) atoms. The maximum absolute atomic E-state index is 13.2. The molecule has 0 bridgehead atoms. The van der Waals surface area contributed by atoms with Crippen LogP contribution in [0.3, 0.4) is 0 Å². The summed E-state index contributed by atoms with van der Waals surface area (Å²) in [6.45, 7) is 1.65. The average molecular weight is 352 g/mol. The van der Waals surface area contributed by atoms with E-state index in [1.807, 2.05) is 65.6 Å². The van der Waals surface area contributed by atoms with Crippen molar-refractivity contribution in [3.05, 3.63) is 66.2 Å². The minimum absolute atomic E-state index is 0.0835. The number of hydrogen-bond acceptors (Lipinski definition) is 3. The fourth-order valence-corrected chi connectivity index (χ4v) is 3.33. The van der Waals surface area contributed by atoms with Crippen LogP contribution in [0.5, 0.6) is 0 Å². The molecule has 0 saturated carbocycles. The molecule has 2 aromatic carbocycles. The number of hydrogen-bond donors (Lipinski definition) is 0. The second-order valence-electron chi connectivity index (χ2n) is 6.48. The Morgan fingerprint density at radius 1 is 1.00 bits per heavy atom. The summed E-state index contributed by atoms with van der Waals surface area (Å²) in [5, 5.41) is 0. The first kappa shape index (κ1) is 18.0. The van der Waals surface area contributed by atoms with Crippen LogP contribution in [0.25, 0.3) is 0 Å². The van der Waals surface area contributed by atoms with Gasteiger partial charge in [0, 0.05) is 24.7 Å². The molecule has 3 rings (SSSR count). The van der Waals surface area contributed by atoms with Crippen LogP contribution in [-0.4, -0.2) is 37.1 Å². The predicted molar refractivity (Wildman–Crippen MR) is 101 cm³/mol. The maximum atomic E-state index is 13.2. The highest BCUT2D eigenvalue weighted by molar-refractivity contribution is 5.95. The Labute approximate surface area is 154 Å². The highest BCUT2D eigenvalue weighted by atomic mass is 16.5. The minimum Gasteiger partial charge on any atom is -0.453 e. The van der Waals surface area contributed by atoms with Crippen LogP contribution in [0.15, 0.2) is 60.7 Å². The molecule has 0 spiro atoms. The summed E-state index contributed by atoms with van der Waals surface area (Å²) in [4.78, 5) is 28.4. The zero-order valence-corrected chi connectivity index (χ0v) is 15.0. The Morgan fingerprint density at radius 2 is 1.58 bits per heavy atom. The zero-order valence-electron chi connectivity index (χ0n) is 15.0. The number of nitrogens with zero attached hydrogens (tertiary/aromatic N) is 2. The Balaban J connectivity index is 1.74. The van der Waals surface area contributed by atoms with Crippen LogP contribution < -0.4 is 4.90 Å². The topological polar surface area (TPSA) is 49.9 Å². The molecule has 136 valence electrons. The summed E-state index contributed by atoms with van der Waals surface area (Å²) in [6.07, 6.45) is 0.998. The van der Waals surface area contributed by atoms with Crippen molar-refractivity contribution < 1.29 is 14.3 Å². The minimum atomic E-state index is -0.319. The van der Waals surface area contributed by atoms with Crippen molar-refractivity contribution in [2.75, 3.05) is 25.1 Å². The quantitative estimate of drug-likeness (QED) is 0.843. The van der Waals surface area contributed by atoms with Crippen LogP contribution in [0.1, 0.15) is 18.4 Å². The molecule has 1 aliphatic heterocycles. The maximum Gasteiger partial charge on any atom is 0.409 e. The molecular weight excluding hydrogens is 328 g/mol. The van der Waals surface area contributed by atoms with Gasteiger partial charge in [0.25, 0.3) is 0 Å². The van der Waals surface area contributed by atoms with Crippen LogP contribution >= 0.6 is 0 Å². The van der Waals surface area contributed by atoms with Gasteiger partial charge in [0.15, 0.2) is 0 Å². The fourth-order valence-electron chi connectivity index (χ4n) is 3.33. The molecule has 0 aromatic heterocycles. The summed E-state index contributed by atoms with van der Waals surface area (Å²) in [7, 11) is 1.39. The average Bonchev–Trinajstić information content (AvgIpc) is 2.72. The normalized spacial score (nSPS) is 14.7. The third-order valence-corrected chi connectivity index (χ3v) is 4.79. The van der Waals surface area contributed by atoms with Gasteiger partial charge in [0.1, 0.15) is 0 Å². The van der Waals surface area contributed by atoms with Gasteiger partial charge in [-0.05, 0) is 30.5 Å². The third kappa shape index (κ3) is 4.23. The van der Waals surface area contributed by atoms with E-state index in [0.717, 1.165) is 11.3 Å². The van der Waals surface area contributed by atoms with Gasteiger partial charge in [0.2, 0.25) is 5.91 Å². The van der Waals surface area contributed by atoms with Gasteiger partial charge in [0.05, 0.1) is 13.7 Å². The van der Waals surface area contributed by atoms with Gasteiger partial charge in [-0.1, -0.05) is 48.5 Å². The lowest BCUT2D eigenvalue weighted by Crippen LogP contribution is -2.44. The molecule has 2 amide bonds. The molecule has 0 radical (unpaired) electrons.